The SMILES string of the molecule is CCOc1cc(C(c2ccc(-c3ccccc3)cc2)N2CCCNCC2)ccc1OC. The molecule has 1 atom stereocenters. The maximum Gasteiger partial charge on any atom is 0.161 e. The van der Waals surface area contributed by atoms with Crippen LogP contribution in [0.25, 0.3) is 11.1 Å². The lowest BCUT2D eigenvalue weighted by atomic mass is 9.94. The Bertz CT molecular complexity index is 949. The van der Waals surface area contributed by atoms with Crippen LogP contribution in [-0.4, -0.2) is 44.8 Å². The van der Waals surface area contributed by atoms with Gasteiger partial charge in [0.05, 0.1) is 19.8 Å². The fourth-order valence-corrected chi connectivity index (χ4v) is 4.36. The molecule has 1 aliphatic rings. The van der Waals surface area contributed by atoms with Gasteiger partial charge in [-0.05, 0) is 54.3 Å². The zero-order chi connectivity index (χ0) is 21.5. The zero-order valence-corrected chi connectivity index (χ0v) is 18.5. The average Bonchev–Trinajstić information content (AvgIpc) is 3.10. The summed E-state index contributed by atoms with van der Waals surface area (Å²) in [6.45, 7) is 6.78. The smallest absolute Gasteiger partial charge is 0.161 e. The Hall–Kier alpha value is -2.82. The van der Waals surface area contributed by atoms with Crippen LogP contribution < -0.4 is 14.8 Å². The van der Waals surface area contributed by atoms with Crippen molar-refractivity contribution in [3.63, 3.8) is 0 Å². The van der Waals surface area contributed by atoms with Crippen molar-refractivity contribution in [2.45, 2.75) is 19.4 Å². The van der Waals surface area contributed by atoms with Crippen LogP contribution in [0, 0.1) is 0 Å². The summed E-state index contributed by atoms with van der Waals surface area (Å²) in [6, 6.07) is 26.1. The van der Waals surface area contributed by atoms with Crippen molar-refractivity contribution in [3.05, 3.63) is 83.9 Å². The lowest BCUT2D eigenvalue weighted by Gasteiger charge is -2.32. The second kappa shape index (κ2) is 10.5. The first-order chi connectivity index (χ1) is 15.3. The van der Waals surface area contributed by atoms with Crippen LogP contribution in [0.1, 0.15) is 30.5 Å². The van der Waals surface area contributed by atoms with Gasteiger partial charge in [-0.3, -0.25) is 4.90 Å². The highest BCUT2D eigenvalue weighted by atomic mass is 16.5. The molecule has 1 fully saturated rings. The quantitative estimate of drug-likeness (QED) is 0.578. The van der Waals surface area contributed by atoms with Gasteiger partial charge in [0, 0.05) is 19.6 Å². The number of nitrogens with zero attached hydrogens (tertiary/aromatic N) is 1. The zero-order valence-electron chi connectivity index (χ0n) is 18.5. The van der Waals surface area contributed by atoms with E-state index < -0.39 is 0 Å². The monoisotopic (exact) mass is 416 g/mol. The van der Waals surface area contributed by atoms with Gasteiger partial charge >= 0.3 is 0 Å². The molecule has 0 bridgehead atoms. The minimum Gasteiger partial charge on any atom is -0.493 e. The van der Waals surface area contributed by atoms with Gasteiger partial charge in [0.25, 0.3) is 0 Å². The van der Waals surface area contributed by atoms with E-state index in [2.05, 4.69) is 76.9 Å². The second-order valence-electron chi connectivity index (χ2n) is 7.87. The first-order valence-electron chi connectivity index (χ1n) is 11.2. The molecule has 1 N–H and O–H groups in total. The number of benzene rings is 3. The van der Waals surface area contributed by atoms with Crippen LogP contribution in [0.4, 0.5) is 0 Å². The van der Waals surface area contributed by atoms with Gasteiger partial charge in [-0.25, -0.2) is 0 Å². The van der Waals surface area contributed by atoms with Crippen molar-refractivity contribution >= 4 is 0 Å². The largest absolute Gasteiger partial charge is 0.493 e. The van der Waals surface area contributed by atoms with Crippen molar-refractivity contribution in [2.75, 3.05) is 39.9 Å². The van der Waals surface area contributed by atoms with E-state index in [1.807, 2.05) is 13.0 Å². The predicted molar refractivity (Wildman–Crippen MR) is 127 cm³/mol. The first kappa shape index (κ1) is 21.4. The van der Waals surface area contributed by atoms with E-state index in [0.29, 0.717) is 6.61 Å². The van der Waals surface area contributed by atoms with Gasteiger partial charge < -0.3 is 14.8 Å². The topological polar surface area (TPSA) is 33.7 Å². The van der Waals surface area contributed by atoms with Gasteiger partial charge in [0.1, 0.15) is 0 Å². The molecule has 4 heteroatoms. The van der Waals surface area contributed by atoms with E-state index in [-0.39, 0.29) is 6.04 Å². The third kappa shape index (κ3) is 5.09. The Morgan fingerprint density at radius 1 is 0.839 bits per heavy atom. The minimum atomic E-state index is 0.176. The Balaban J connectivity index is 1.72. The number of rotatable bonds is 7. The summed E-state index contributed by atoms with van der Waals surface area (Å²) in [5, 5.41) is 3.53. The summed E-state index contributed by atoms with van der Waals surface area (Å²) >= 11 is 0. The average molecular weight is 417 g/mol. The van der Waals surface area contributed by atoms with E-state index in [1.54, 1.807) is 7.11 Å². The van der Waals surface area contributed by atoms with Crippen LogP contribution in [0.5, 0.6) is 11.5 Å². The molecule has 3 aromatic carbocycles. The number of hydrogen-bond acceptors (Lipinski definition) is 4. The lowest BCUT2D eigenvalue weighted by molar-refractivity contribution is 0.240. The predicted octanol–water partition coefficient (Wildman–Crippen LogP) is 5.15. The van der Waals surface area contributed by atoms with E-state index in [4.69, 9.17) is 9.47 Å². The van der Waals surface area contributed by atoms with Gasteiger partial charge in [-0.2, -0.15) is 0 Å². The summed E-state index contributed by atoms with van der Waals surface area (Å²) in [6.07, 6.45) is 1.15. The van der Waals surface area contributed by atoms with Crippen LogP contribution >= 0.6 is 0 Å². The summed E-state index contributed by atoms with van der Waals surface area (Å²) in [5.41, 5.74) is 5.02. The number of nitrogens with one attached hydrogen (secondary N) is 1. The Morgan fingerprint density at radius 3 is 2.32 bits per heavy atom. The van der Waals surface area contributed by atoms with Crippen molar-refractivity contribution < 1.29 is 9.47 Å². The van der Waals surface area contributed by atoms with Crippen molar-refractivity contribution in [3.8, 4) is 22.6 Å². The van der Waals surface area contributed by atoms with E-state index >= 15 is 0 Å². The molecule has 0 radical (unpaired) electrons. The van der Waals surface area contributed by atoms with Crippen LogP contribution in [0.15, 0.2) is 72.8 Å². The van der Waals surface area contributed by atoms with Crippen LogP contribution in [0.2, 0.25) is 0 Å². The van der Waals surface area contributed by atoms with Gasteiger partial charge in [-0.15, -0.1) is 0 Å². The summed E-state index contributed by atoms with van der Waals surface area (Å²) in [5.74, 6) is 1.59. The number of ether oxygens (including phenoxy) is 2. The van der Waals surface area contributed by atoms with E-state index in [9.17, 15) is 0 Å². The molecule has 1 saturated heterocycles. The third-order valence-corrected chi connectivity index (χ3v) is 5.88. The Labute approximate surface area is 185 Å². The molecule has 1 unspecified atom stereocenters. The van der Waals surface area contributed by atoms with Crippen molar-refractivity contribution in [2.24, 2.45) is 0 Å². The molecule has 4 nitrogen and oxygen atoms in total. The van der Waals surface area contributed by atoms with Crippen LogP contribution in [0.3, 0.4) is 0 Å². The standard InChI is InChI=1S/C27H32N2O2/c1-3-31-26-20-24(14-15-25(26)30-2)27(29-18-7-16-28-17-19-29)23-12-10-22(11-13-23)21-8-5-4-6-9-21/h4-6,8-15,20,27-28H,3,7,16-19H2,1-2H3. The summed E-state index contributed by atoms with van der Waals surface area (Å²) in [7, 11) is 1.69. The molecule has 0 aromatic heterocycles. The minimum absolute atomic E-state index is 0.176. The molecule has 1 heterocycles. The second-order valence-corrected chi connectivity index (χ2v) is 7.87. The lowest BCUT2D eigenvalue weighted by Crippen LogP contribution is -2.33. The van der Waals surface area contributed by atoms with Gasteiger partial charge in [-0.1, -0.05) is 60.7 Å². The molecule has 162 valence electrons. The highest BCUT2D eigenvalue weighted by molar-refractivity contribution is 5.63. The van der Waals surface area contributed by atoms with Crippen molar-refractivity contribution in [1.82, 2.24) is 10.2 Å². The highest BCUT2D eigenvalue weighted by Crippen LogP contribution is 2.36. The maximum absolute atomic E-state index is 5.89. The number of methoxy groups -OCH3 is 1. The highest BCUT2D eigenvalue weighted by Gasteiger charge is 2.24. The molecular formula is C27H32N2O2. The van der Waals surface area contributed by atoms with Gasteiger partial charge in [0.2, 0.25) is 0 Å². The molecule has 4 rings (SSSR count). The normalized spacial score (nSPS) is 15.8. The fraction of sp³-hybridized carbons (Fsp3) is 0.333. The third-order valence-electron chi connectivity index (χ3n) is 5.88. The van der Waals surface area contributed by atoms with Crippen molar-refractivity contribution in [1.29, 1.82) is 0 Å². The number of hydrogen-bond donors (Lipinski definition) is 1. The molecular weight excluding hydrogens is 384 g/mol. The summed E-state index contributed by atoms with van der Waals surface area (Å²) in [4.78, 5) is 2.58. The Morgan fingerprint density at radius 2 is 1.58 bits per heavy atom. The van der Waals surface area contributed by atoms with E-state index in [0.717, 1.165) is 44.1 Å². The molecule has 0 amide bonds. The molecule has 31 heavy (non-hydrogen) atoms. The molecule has 0 aliphatic carbocycles. The molecule has 0 spiro atoms. The molecule has 0 saturated carbocycles. The molecule has 1 aliphatic heterocycles. The Kier molecular flexibility index (Phi) is 7.23. The van der Waals surface area contributed by atoms with Gasteiger partial charge in [0.15, 0.2) is 11.5 Å². The van der Waals surface area contributed by atoms with Crippen LogP contribution in [-0.2, 0) is 0 Å². The first-order valence-corrected chi connectivity index (χ1v) is 11.2. The fourth-order valence-electron chi connectivity index (χ4n) is 4.36. The van der Waals surface area contributed by atoms with E-state index in [1.165, 1.54) is 22.3 Å². The maximum atomic E-state index is 5.89. The summed E-state index contributed by atoms with van der Waals surface area (Å²) < 4.78 is 11.4. The molecule has 3 aromatic rings.